The Bertz CT molecular complexity index is 673. The molecule has 110 valence electrons. The minimum absolute atomic E-state index is 0.204. The Labute approximate surface area is 127 Å². The van der Waals surface area contributed by atoms with Gasteiger partial charge in [0.1, 0.15) is 5.82 Å². The number of aliphatic hydroxyl groups is 1. The van der Waals surface area contributed by atoms with Crippen molar-refractivity contribution in [1.29, 1.82) is 0 Å². The summed E-state index contributed by atoms with van der Waals surface area (Å²) < 4.78 is 13.3. The van der Waals surface area contributed by atoms with Crippen molar-refractivity contribution in [3.63, 3.8) is 0 Å². The molecule has 0 aliphatic carbocycles. The lowest BCUT2D eigenvalue weighted by atomic mass is 10.1. The van der Waals surface area contributed by atoms with Crippen LogP contribution in [-0.4, -0.2) is 11.0 Å². The third-order valence-corrected chi connectivity index (χ3v) is 3.67. The van der Waals surface area contributed by atoms with Gasteiger partial charge in [-0.1, -0.05) is 29.8 Å². The van der Waals surface area contributed by atoms with Crippen LogP contribution in [0.5, 0.6) is 0 Å². The Morgan fingerprint density at radius 1 is 1.33 bits per heavy atom. The standard InChI is InChI=1S/C16H15ClFNO2/c1-10-3-2-4-13(15(10)17)16(21)19-8-11-5-6-14(18)12(7-11)9-20/h2-7,20H,8-9H2,1H3,(H,19,21). The van der Waals surface area contributed by atoms with E-state index in [2.05, 4.69) is 5.32 Å². The third kappa shape index (κ3) is 3.60. The van der Waals surface area contributed by atoms with Gasteiger partial charge in [0.2, 0.25) is 0 Å². The van der Waals surface area contributed by atoms with Gasteiger partial charge in [0.05, 0.1) is 17.2 Å². The fourth-order valence-electron chi connectivity index (χ4n) is 1.96. The zero-order chi connectivity index (χ0) is 15.4. The maximum absolute atomic E-state index is 13.3. The second-order valence-corrected chi connectivity index (χ2v) is 5.08. The van der Waals surface area contributed by atoms with Crippen molar-refractivity contribution in [3.05, 3.63) is 69.5 Å². The second kappa shape index (κ2) is 6.70. The van der Waals surface area contributed by atoms with E-state index in [1.165, 1.54) is 12.1 Å². The highest BCUT2D eigenvalue weighted by atomic mass is 35.5. The molecule has 0 radical (unpaired) electrons. The van der Waals surface area contributed by atoms with Gasteiger partial charge in [-0.3, -0.25) is 4.79 Å². The van der Waals surface area contributed by atoms with Gasteiger partial charge in [0.25, 0.3) is 5.91 Å². The summed E-state index contributed by atoms with van der Waals surface area (Å²) in [6, 6.07) is 9.59. The maximum atomic E-state index is 13.3. The molecule has 0 saturated carbocycles. The summed E-state index contributed by atoms with van der Waals surface area (Å²) in [5.41, 5.74) is 2.14. The Kier molecular flexibility index (Phi) is 4.94. The topological polar surface area (TPSA) is 49.3 Å². The molecule has 2 N–H and O–H groups in total. The largest absolute Gasteiger partial charge is 0.392 e. The minimum atomic E-state index is -0.464. The molecule has 0 aliphatic rings. The van der Waals surface area contributed by atoms with Gasteiger partial charge < -0.3 is 10.4 Å². The monoisotopic (exact) mass is 307 g/mol. The summed E-state index contributed by atoms with van der Waals surface area (Å²) in [7, 11) is 0. The highest BCUT2D eigenvalue weighted by Gasteiger charge is 2.11. The van der Waals surface area contributed by atoms with E-state index in [-0.39, 0.29) is 24.6 Å². The summed E-state index contributed by atoms with van der Waals surface area (Å²) in [5, 5.41) is 12.2. The number of carbonyl (C=O) groups is 1. The molecule has 3 nitrogen and oxygen atoms in total. The summed E-state index contributed by atoms with van der Waals surface area (Å²) in [6.45, 7) is 1.68. The van der Waals surface area contributed by atoms with Gasteiger partial charge in [-0.25, -0.2) is 4.39 Å². The maximum Gasteiger partial charge on any atom is 0.253 e. The van der Waals surface area contributed by atoms with Crippen molar-refractivity contribution in [1.82, 2.24) is 5.32 Å². The molecule has 21 heavy (non-hydrogen) atoms. The van der Waals surface area contributed by atoms with E-state index < -0.39 is 5.82 Å². The average Bonchev–Trinajstić information content (AvgIpc) is 2.49. The Morgan fingerprint density at radius 3 is 2.81 bits per heavy atom. The number of amides is 1. The van der Waals surface area contributed by atoms with Crippen molar-refractivity contribution >= 4 is 17.5 Å². The zero-order valence-corrected chi connectivity index (χ0v) is 12.2. The van der Waals surface area contributed by atoms with Crippen molar-refractivity contribution < 1.29 is 14.3 Å². The first kappa shape index (κ1) is 15.5. The Hall–Kier alpha value is -1.91. The molecule has 0 aliphatic heterocycles. The van der Waals surface area contributed by atoms with Gasteiger partial charge in [-0.05, 0) is 36.2 Å². The molecule has 2 aromatic carbocycles. The molecule has 1 amide bonds. The molecule has 0 aromatic heterocycles. The van der Waals surface area contributed by atoms with Crippen molar-refractivity contribution in [3.8, 4) is 0 Å². The third-order valence-electron chi connectivity index (χ3n) is 3.17. The van der Waals surface area contributed by atoms with Crippen LogP contribution in [-0.2, 0) is 13.2 Å². The number of aliphatic hydroxyl groups excluding tert-OH is 1. The number of hydrogen-bond acceptors (Lipinski definition) is 2. The van der Waals surface area contributed by atoms with Gasteiger partial charge in [-0.15, -0.1) is 0 Å². The van der Waals surface area contributed by atoms with E-state index in [0.29, 0.717) is 16.1 Å². The van der Waals surface area contributed by atoms with E-state index >= 15 is 0 Å². The van der Waals surface area contributed by atoms with Gasteiger partial charge in [0, 0.05) is 12.1 Å². The normalized spacial score (nSPS) is 10.5. The SMILES string of the molecule is Cc1cccc(C(=O)NCc2ccc(F)c(CO)c2)c1Cl. The number of halogens is 2. The van der Waals surface area contributed by atoms with Crippen molar-refractivity contribution in [2.75, 3.05) is 0 Å². The van der Waals surface area contributed by atoms with Crippen LogP contribution in [0.15, 0.2) is 36.4 Å². The van der Waals surface area contributed by atoms with Crippen LogP contribution in [0.1, 0.15) is 27.0 Å². The van der Waals surface area contributed by atoms with E-state index in [0.717, 1.165) is 5.56 Å². The molecule has 0 atom stereocenters. The summed E-state index contributed by atoms with van der Waals surface area (Å²) in [6.07, 6.45) is 0. The number of rotatable bonds is 4. The first-order chi connectivity index (χ1) is 10.0. The average molecular weight is 308 g/mol. The summed E-state index contributed by atoms with van der Waals surface area (Å²) in [5.74, 6) is -0.757. The molecule has 5 heteroatoms. The van der Waals surface area contributed by atoms with Crippen LogP contribution >= 0.6 is 11.6 Å². The van der Waals surface area contributed by atoms with Gasteiger partial charge >= 0.3 is 0 Å². The number of hydrogen-bond donors (Lipinski definition) is 2. The summed E-state index contributed by atoms with van der Waals surface area (Å²) >= 11 is 6.09. The molecule has 0 spiro atoms. The number of nitrogens with one attached hydrogen (secondary N) is 1. The van der Waals surface area contributed by atoms with E-state index in [4.69, 9.17) is 16.7 Å². The summed E-state index contributed by atoms with van der Waals surface area (Å²) in [4.78, 5) is 12.1. The van der Waals surface area contributed by atoms with Crippen molar-refractivity contribution in [2.45, 2.75) is 20.1 Å². The number of carbonyl (C=O) groups excluding carboxylic acids is 1. The van der Waals surface area contributed by atoms with Gasteiger partial charge in [0.15, 0.2) is 0 Å². The lowest BCUT2D eigenvalue weighted by molar-refractivity contribution is 0.0951. The van der Waals surface area contributed by atoms with Crippen LogP contribution in [0.4, 0.5) is 4.39 Å². The van der Waals surface area contributed by atoms with Crippen LogP contribution < -0.4 is 5.32 Å². The number of benzene rings is 2. The molecule has 0 bridgehead atoms. The van der Waals surface area contributed by atoms with Crippen LogP contribution in [0.25, 0.3) is 0 Å². The molecular formula is C16H15ClFNO2. The molecule has 2 aromatic rings. The molecule has 0 fully saturated rings. The number of aryl methyl sites for hydroxylation is 1. The molecule has 2 rings (SSSR count). The fourth-order valence-corrected chi connectivity index (χ4v) is 2.17. The molecule has 0 heterocycles. The lowest BCUT2D eigenvalue weighted by Gasteiger charge is -2.09. The molecule has 0 saturated heterocycles. The van der Waals surface area contributed by atoms with Gasteiger partial charge in [-0.2, -0.15) is 0 Å². The predicted octanol–water partition coefficient (Wildman–Crippen LogP) is 3.21. The highest BCUT2D eigenvalue weighted by Crippen LogP contribution is 2.20. The molecule has 0 unspecified atom stereocenters. The van der Waals surface area contributed by atoms with Crippen molar-refractivity contribution in [2.24, 2.45) is 0 Å². The predicted molar refractivity (Wildman–Crippen MR) is 79.7 cm³/mol. The van der Waals surface area contributed by atoms with E-state index in [9.17, 15) is 9.18 Å². The molecular weight excluding hydrogens is 293 g/mol. The zero-order valence-electron chi connectivity index (χ0n) is 11.5. The first-order valence-corrected chi connectivity index (χ1v) is 6.82. The van der Waals surface area contributed by atoms with Crippen LogP contribution in [0.3, 0.4) is 0 Å². The van der Waals surface area contributed by atoms with E-state index in [1.807, 2.05) is 13.0 Å². The van der Waals surface area contributed by atoms with Crippen LogP contribution in [0, 0.1) is 12.7 Å². The van der Waals surface area contributed by atoms with Crippen LogP contribution in [0.2, 0.25) is 5.02 Å². The smallest absolute Gasteiger partial charge is 0.253 e. The first-order valence-electron chi connectivity index (χ1n) is 6.44. The lowest BCUT2D eigenvalue weighted by Crippen LogP contribution is -2.23. The quantitative estimate of drug-likeness (QED) is 0.911. The minimum Gasteiger partial charge on any atom is -0.392 e. The Morgan fingerprint density at radius 2 is 2.10 bits per heavy atom. The highest BCUT2D eigenvalue weighted by molar-refractivity contribution is 6.34. The fraction of sp³-hybridized carbons (Fsp3) is 0.188. The van der Waals surface area contributed by atoms with E-state index in [1.54, 1.807) is 18.2 Å². The Balaban J connectivity index is 2.09. The second-order valence-electron chi connectivity index (χ2n) is 4.70.